The van der Waals surface area contributed by atoms with Gasteiger partial charge in [0.1, 0.15) is 0 Å². The fourth-order valence-corrected chi connectivity index (χ4v) is 3.14. The first-order valence-corrected chi connectivity index (χ1v) is 7.31. The predicted molar refractivity (Wildman–Crippen MR) is 86.4 cm³/mol. The van der Waals surface area contributed by atoms with Gasteiger partial charge in [0.15, 0.2) is 5.78 Å². The van der Waals surface area contributed by atoms with Crippen LogP contribution in [0.25, 0.3) is 22.2 Å². The Morgan fingerprint density at radius 1 is 1.15 bits per heavy atom. The normalized spacial score (nSPS) is 10.9. The van der Waals surface area contributed by atoms with E-state index in [0.717, 1.165) is 26.6 Å². The van der Waals surface area contributed by atoms with E-state index in [0.29, 0.717) is 10.6 Å². The number of carbonyl (C=O) groups is 1. The molecule has 1 heterocycles. The van der Waals surface area contributed by atoms with Crippen molar-refractivity contribution in [3.8, 4) is 11.3 Å². The minimum absolute atomic E-state index is 0.0720. The van der Waals surface area contributed by atoms with Gasteiger partial charge in [-0.2, -0.15) is 0 Å². The summed E-state index contributed by atoms with van der Waals surface area (Å²) in [5.41, 5.74) is 3.77. The number of ketones is 1. The Hall–Kier alpha value is -1.58. The third-order valence-electron chi connectivity index (χ3n) is 3.25. The maximum atomic E-state index is 11.3. The molecule has 20 heavy (non-hydrogen) atoms. The molecule has 0 unspecified atom stereocenters. The number of hydrogen-bond acceptors (Lipinski definition) is 1. The van der Waals surface area contributed by atoms with Gasteiger partial charge in [0.05, 0.1) is 5.52 Å². The summed E-state index contributed by atoms with van der Waals surface area (Å²) in [6.45, 7) is 1.57. The molecule has 100 valence electrons. The molecule has 0 amide bonds. The van der Waals surface area contributed by atoms with E-state index in [1.165, 1.54) is 0 Å². The molecule has 0 saturated carbocycles. The molecule has 1 N–H and O–H groups in total. The number of Topliss-reactive ketones (excluding diaryl/α,β-unsaturated/α-hetero) is 1. The van der Waals surface area contributed by atoms with Crippen molar-refractivity contribution < 1.29 is 4.79 Å². The SMILES string of the molecule is CC(=O)c1ccc(-c2cc3cc(Cl)cc(Br)c3[nH]2)cc1. The van der Waals surface area contributed by atoms with Gasteiger partial charge in [0, 0.05) is 26.1 Å². The van der Waals surface area contributed by atoms with Crippen molar-refractivity contribution in [1.29, 1.82) is 0 Å². The number of halogens is 2. The quantitative estimate of drug-likeness (QED) is 0.613. The lowest BCUT2D eigenvalue weighted by Crippen LogP contribution is -1.90. The zero-order valence-corrected chi connectivity index (χ0v) is 13.0. The fourth-order valence-electron chi connectivity index (χ4n) is 2.21. The average Bonchev–Trinajstić information content (AvgIpc) is 2.83. The van der Waals surface area contributed by atoms with E-state index in [1.807, 2.05) is 36.4 Å². The summed E-state index contributed by atoms with van der Waals surface area (Å²) in [5.74, 6) is 0.0720. The number of hydrogen-bond donors (Lipinski definition) is 1. The highest BCUT2D eigenvalue weighted by Gasteiger charge is 2.08. The van der Waals surface area contributed by atoms with Gasteiger partial charge in [-0.25, -0.2) is 0 Å². The molecular weight excluding hydrogens is 338 g/mol. The highest BCUT2D eigenvalue weighted by molar-refractivity contribution is 9.10. The minimum Gasteiger partial charge on any atom is -0.354 e. The third kappa shape index (κ3) is 2.39. The van der Waals surface area contributed by atoms with Gasteiger partial charge in [-0.3, -0.25) is 4.79 Å². The summed E-state index contributed by atoms with van der Waals surface area (Å²) in [6.07, 6.45) is 0. The van der Waals surface area contributed by atoms with Crippen molar-refractivity contribution >= 4 is 44.2 Å². The van der Waals surface area contributed by atoms with E-state index in [9.17, 15) is 4.79 Å². The lowest BCUT2D eigenvalue weighted by Gasteiger charge is -1.99. The average molecular weight is 349 g/mol. The van der Waals surface area contributed by atoms with Crippen LogP contribution in [0.1, 0.15) is 17.3 Å². The molecule has 0 bridgehead atoms. The smallest absolute Gasteiger partial charge is 0.159 e. The molecule has 0 spiro atoms. The van der Waals surface area contributed by atoms with E-state index in [1.54, 1.807) is 6.92 Å². The van der Waals surface area contributed by atoms with Crippen molar-refractivity contribution in [2.45, 2.75) is 6.92 Å². The van der Waals surface area contributed by atoms with Crippen LogP contribution >= 0.6 is 27.5 Å². The zero-order valence-electron chi connectivity index (χ0n) is 10.7. The summed E-state index contributed by atoms with van der Waals surface area (Å²) in [5, 5.41) is 1.75. The molecule has 4 heteroatoms. The van der Waals surface area contributed by atoms with Crippen molar-refractivity contribution in [2.75, 3.05) is 0 Å². The standard InChI is InChI=1S/C16H11BrClNO/c1-9(20)10-2-4-11(5-3-10)15-7-12-6-13(18)8-14(17)16(12)19-15/h2-8,19H,1H3. The first-order chi connectivity index (χ1) is 9.54. The fraction of sp³-hybridized carbons (Fsp3) is 0.0625. The van der Waals surface area contributed by atoms with E-state index in [2.05, 4.69) is 27.0 Å². The molecule has 3 aromatic rings. The summed E-state index contributed by atoms with van der Waals surface area (Å²) >= 11 is 9.56. The molecule has 0 fully saturated rings. The van der Waals surface area contributed by atoms with Gasteiger partial charge in [0.2, 0.25) is 0 Å². The van der Waals surface area contributed by atoms with Crippen LogP contribution in [0.15, 0.2) is 46.9 Å². The maximum absolute atomic E-state index is 11.3. The van der Waals surface area contributed by atoms with Gasteiger partial charge < -0.3 is 4.98 Å². The monoisotopic (exact) mass is 347 g/mol. The van der Waals surface area contributed by atoms with Crippen LogP contribution < -0.4 is 0 Å². The second-order valence-electron chi connectivity index (χ2n) is 4.67. The Labute approximate surface area is 129 Å². The summed E-state index contributed by atoms with van der Waals surface area (Å²) in [7, 11) is 0. The minimum atomic E-state index is 0.0720. The van der Waals surface area contributed by atoms with Gasteiger partial charge >= 0.3 is 0 Å². The van der Waals surface area contributed by atoms with Gasteiger partial charge in [-0.05, 0) is 46.6 Å². The molecule has 0 saturated heterocycles. The molecule has 0 aliphatic heterocycles. The Bertz CT molecular complexity index is 805. The third-order valence-corrected chi connectivity index (χ3v) is 4.09. The number of aromatic nitrogens is 1. The highest BCUT2D eigenvalue weighted by Crippen LogP contribution is 2.31. The lowest BCUT2D eigenvalue weighted by atomic mass is 10.1. The summed E-state index contributed by atoms with van der Waals surface area (Å²) in [6, 6.07) is 13.4. The van der Waals surface area contributed by atoms with Crippen molar-refractivity contribution in [1.82, 2.24) is 4.98 Å². The second-order valence-corrected chi connectivity index (χ2v) is 5.96. The summed E-state index contributed by atoms with van der Waals surface area (Å²) in [4.78, 5) is 14.7. The van der Waals surface area contributed by atoms with Crippen LogP contribution in [0.4, 0.5) is 0 Å². The molecular formula is C16H11BrClNO. The predicted octanol–water partition coefficient (Wildman–Crippen LogP) is 5.45. The molecule has 3 rings (SSSR count). The molecule has 2 nitrogen and oxygen atoms in total. The molecule has 0 atom stereocenters. The Morgan fingerprint density at radius 3 is 2.50 bits per heavy atom. The van der Waals surface area contributed by atoms with Crippen LogP contribution in [-0.4, -0.2) is 10.8 Å². The largest absolute Gasteiger partial charge is 0.354 e. The zero-order chi connectivity index (χ0) is 14.3. The van der Waals surface area contributed by atoms with Crippen molar-refractivity contribution in [2.24, 2.45) is 0 Å². The lowest BCUT2D eigenvalue weighted by molar-refractivity contribution is 0.101. The highest BCUT2D eigenvalue weighted by atomic mass is 79.9. The number of rotatable bonds is 2. The number of benzene rings is 2. The van der Waals surface area contributed by atoms with Gasteiger partial charge in [0.25, 0.3) is 0 Å². The van der Waals surface area contributed by atoms with Gasteiger partial charge in [-0.15, -0.1) is 0 Å². The van der Waals surface area contributed by atoms with E-state index in [4.69, 9.17) is 11.6 Å². The Kier molecular flexibility index (Phi) is 3.40. The topological polar surface area (TPSA) is 32.9 Å². The first-order valence-electron chi connectivity index (χ1n) is 6.14. The Morgan fingerprint density at radius 2 is 1.85 bits per heavy atom. The number of nitrogens with one attached hydrogen (secondary N) is 1. The van der Waals surface area contributed by atoms with E-state index in [-0.39, 0.29) is 5.78 Å². The van der Waals surface area contributed by atoms with Crippen LogP contribution in [0.3, 0.4) is 0 Å². The molecule has 0 aliphatic rings. The van der Waals surface area contributed by atoms with Gasteiger partial charge in [-0.1, -0.05) is 35.9 Å². The van der Waals surface area contributed by atoms with Crippen LogP contribution in [0.2, 0.25) is 5.02 Å². The van der Waals surface area contributed by atoms with E-state index < -0.39 is 0 Å². The molecule has 0 aliphatic carbocycles. The van der Waals surface area contributed by atoms with Crippen molar-refractivity contribution in [3.63, 3.8) is 0 Å². The number of aromatic amines is 1. The summed E-state index contributed by atoms with van der Waals surface area (Å²) < 4.78 is 0.937. The number of H-pyrrole nitrogens is 1. The maximum Gasteiger partial charge on any atom is 0.159 e. The second kappa shape index (κ2) is 5.08. The van der Waals surface area contributed by atoms with E-state index >= 15 is 0 Å². The van der Waals surface area contributed by atoms with Crippen LogP contribution in [0, 0.1) is 0 Å². The van der Waals surface area contributed by atoms with Crippen LogP contribution in [-0.2, 0) is 0 Å². The van der Waals surface area contributed by atoms with Crippen molar-refractivity contribution in [3.05, 3.63) is 57.5 Å². The Balaban J connectivity index is 2.10. The van der Waals surface area contributed by atoms with Crippen LogP contribution in [0.5, 0.6) is 0 Å². The molecule has 2 aromatic carbocycles. The first kappa shape index (κ1) is 13.4. The molecule has 1 aromatic heterocycles. The number of fused-ring (bicyclic) bond motifs is 1. The molecule has 0 radical (unpaired) electrons. The number of carbonyl (C=O) groups excluding carboxylic acids is 1.